The summed E-state index contributed by atoms with van der Waals surface area (Å²) in [7, 11) is 0. The number of halogens is 1. The van der Waals surface area contributed by atoms with Crippen molar-refractivity contribution in [1.82, 2.24) is 5.32 Å². The maximum Gasteiger partial charge on any atom is 0.239 e. The quantitative estimate of drug-likeness (QED) is 0.894. The van der Waals surface area contributed by atoms with Crippen LogP contribution >= 0.6 is 11.8 Å². The van der Waals surface area contributed by atoms with Gasteiger partial charge in [-0.25, -0.2) is 9.38 Å². The summed E-state index contributed by atoms with van der Waals surface area (Å²) in [6.07, 6.45) is 0.558. The van der Waals surface area contributed by atoms with Crippen molar-refractivity contribution in [2.24, 2.45) is 4.99 Å². The molecule has 1 saturated heterocycles. The summed E-state index contributed by atoms with van der Waals surface area (Å²) in [5, 5.41) is 3.20. The van der Waals surface area contributed by atoms with Crippen LogP contribution in [0.15, 0.2) is 53.5 Å². The van der Waals surface area contributed by atoms with Gasteiger partial charge in [-0.1, -0.05) is 49.9 Å². The molecule has 24 heavy (non-hydrogen) atoms. The van der Waals surface area contributed by atoms with Crippen molar-refractivity contribution in [3.63, 3.8) is 0 Å². The highest BCUT2D eigenvalue weighted by Gasteiger charge is 2.30. The number of amides is 1. The summed E-state index contributed by atoms with van der Waals surface area (Å²) in [5.41, 5.74) is 3.02. The number of hydrogen-bond acceptors (Lipinski definition) is 3. The molecule has 5 heteroatoms. The fraction of sp³-hybridized carbons (Fsp3) is 0.263. The fourth-order valence-electron chi connectivity index (χ4n) is 2.48. The Labute approximate surface area is 145 Å². The highest BCUT2D eigenvalue weighted by Crippen LogP contribution is 2.26. The smallest absolute Gasteiger partial charge is 0.239 e. The fourth-order valence-corrected chi connectivity index (χ4v) is 3.51. The molecule has 2 aromatic rings. The molecule has 1 amide bonds. The zero-order chi connectivity index (χ0) is 17.1. The largest absolute Gasteiger partial charge is 0.304 e. The molecule has 2 aromatic carbocycles. The highest BCUT2D eigenvalue weighted by molar-refractivity contribution is 8.15. The van der Waals surface area contributed by atoms with Gasteiger partial charge in [0.1, 0.15) is 5.82 Å². The molecule has 1 atom stereocenters. The maximum atomic E-state index is 13.0. The van der Waals surface area contributed by atoms with Gasteiger partial charge in [-0.3, -0.25) is 4.79 Å². The van der Waals surface area contributed by atoms with Crippen molar-refractivity contribution in [3.8, 4) is 0 Å². The molecule has 124 valence electrons. The van der Waals surface area contributed by atoms with Crippen molar-refractivity contribution >= 4 is 28.5 Å². The van der Waals surface area contributed by atoms with E-state index in [0.29, 0.717) is 17.5 Å². The first-order valence-corrected chi connectivity index (χ1v) is 8.80. The van der Waals surface area contributed by atoms with Gasteiger partial charge in [-0.15, -0.1) is 0 Å². The van der Waals surface area contributed by atoms with Crippen LogP contribution in [0, 0.1) is 5.82 Å². The highest BCUT2D eigenvalue weighted by atomic mass is 32.2. The van der Waals surface area contributed by atoms with Crippen LogP contribution in [0.1, 0.15) is 30.9 Å². The van der Waals surface area contributed by atoms with Gasteiger partial charge < -0.3 is 5.32 Å². The lowest BCUT2D eigenvalue weighted by atomic mass is 10.0. The normalized spacial score (nSPS) is 19.1. The van der Waals surface area contributed by atoms with Crippen LogP contribution in [0.2, 0.25) is 0 Å². The third-order valence-electron chi connectivity index (χ3n) is 3.90. The van der Waals surface area contributed by atoms with Crippen molar-refractivity contribution in [1.29, 1.82) is 0 Å². The van der Waals surface area contributed by atoms with E-state index in [9.17, 15) is 9.18 Å². The number of rotatable bonds is 4. The summed E-state index contributed by atoms with van der Waals surface area (Å²) in [6.45, 7) is 4.29. The molecule has 1 heterocycles. The van der Waals surface area contributed by atoms with Gasteiger partial charge in [-0.2, -0.15) is 0 Å². The average molecular weight is 342 g/mol. The van der Waals surface area contributed by atoms with Gasteiger partial charge in [-0.05, 0) is 47.7 Å². The molecule has 0 bridgehead atoms. The third-order valence-corrected chi connectivity index (χ3v) is 4.98. The van der Waals surface area contributed by atoms with E-state index in [2.05, 4.69) is 36.3 Å². The van der Waals surface area contributed by atoms with Crippen LogP contribution in [-0.2, 0) is 11.2 Å². The van der Waals surface area contributed by atoms with Crippen LogP contribution in [0.3, 0.4) is 0 Å². The number of benzene rings is 2. The molecule has 1 aliphatic heterocycles. The molecule has 1 fully saturated rings. The second kappa shape index (κ2) is 7.18. The van der Waals surface area contributed by atoms with Gasteiger partial charge >= 0.3 is 0 Å². The lowest BCUT2D eigenvalue weighted by Crippen LogP contribution is -2.25. The second-order valence-corrected chi connectivity index (χ2v) is 7.28. The van der Waals surface area contributed by atoms with Crippen LogP contribution in [0.4, 0.5) is 10.1 Å². The van der Waals surface area contributed by atoms with E-state index >= 15 is 0 Å². The van der Waals surface area contributed by atoms with Crippen LogP contribution < -0.4 is 5.32 Å². The number of thioether (sulfide) groups is 1. The second-order valence-electron chi connectivity index (χ2n) is 6.09. The monoisotopic (exact) mass is 342 g/mol. The van der Waals surface area contributed by atoms with E-state index < -0.39 is 0 Å². The molecule has 3 rings (SSSR count). The van der Waals surface area contributed by atoms with Crippen molar-refractivity contribution < 1.29 is 9.18 Å². The molecule has 0 aliphatic carbocycles. The molecule has 1 aliphatic rings. The Kier molecular flexibility index (Phi) is 5.00. The van der Waals surface area contributed by atoms with Crippen molar-refractivity contribution in [2.75, 3.05) is 0 Å². The number of nitrogens with one attached hydrogen (secondary N) is 1. The van der Waals surface area contributed by atoms with Crippen LogP contribution in [-0.4, -0.2) is 16.3 Å². The Balaban J connectivity index is 1.68. The van der Waals surface area contributed by atoms with Crippen LogP contribution in [0.25, 0.3) is 0 Å². The summed E-state index contributed by atoms with van der Waals surface area (Å²) in [5.74, 6) is 0.156. The molecule has 0 saturated carbocycles. The minimum atomic E-state index is -0.269. The number of carbonyl (C=O) groups excluding carboxylic acids is 1. The van der Waals surface area contributed by atoms with E-state index in [-0.39, 0.29) is 17.0 Å². The number of amidine groups is 1. The van der Waals surface area contributed by atoms with Gasteiger partial charge in [0, 0.05) is 0 Å². The topological polar surface area (TPSA) is 41.5 Å². The number of aliphatic imine (C=N–C) groups is 1. The molecule has 1 unspecified atom stereocenters. The minimum Gasteiger partial charge on any atom is -0.304 e. The molecular weight excluding hydrogens is 323 g/mol. The predicted molar refractivity (Wildman–Crippen MR) is 97.3 cm³/mol. The van der Waals surface area contributed by atoms with Gasteiger partial charge in [0.05, 0.1) is 10.9 Å². The Morgan fingerprint density at radius 1 is 1.12 bits per heavy atom. The van der Waals surface area contributed by atoms with E-state index in [1.54, 1.807) is 12.1 Å². The first-order chi connectivity index (χ1) is 11.5. The molecular formula is C19H19FN2OS. The van der Waals surface area contributed by atoms with E-state index in [1.807, 2.05) is 12.1 Å². The molecule has 0 spiro atoms. The van der Waals surface area contributed by atoms with Crippen molar-refractivity contribution in [3.05, 3.63) is 65.5 Å². The lowest BCUT2D eigenvalue weighted by Gasteiger charge is -2.05. The first kappa shape index (κ1) is 16.7. The van der Waals surface area contributed by atoms with Gasteiger partial charge in [0.15, 0.2) is 5.17 Å². The van der Waals surface area contributed by atoms with Gasteiger partial charge in [0.25, 0.3) is 0 Å². The lowest BCUT2D eigenvalue weighted by molar-refractivity contribution is -0.118. The Hall–Kier alpha value is -2.14. The summed E-state index contributed by atoms with van der Waals surface area (Å²) in [6, 6.07) is 14.3. The molecule has 1 N–H and O–H groups in total. The number of carbonyl (C=O) groups is 1. The Bertz CT molecular complexity index is 754. The Morgan fingerprint density at radius 3 is 2.42 bits per heavy atom. The summed E-state index contributed by atoms with van der Waals surface area (Å²) < 4.78 is 13.0. The third kappa shape index (κ3) is 4.03. The average Bonchev–Trinajstić information content (AvgIpc) is 2.89. The maximum absolute atomic E-state index is 13.0. The van der Waals surface area contributed by atoms with Crippen molar-refractivity contribution in [2.45, 2.75) is 31.4 Å². The van der Waals surface area contributed by atoms with E-state index in [1.165, 1.54) is 29.5 Å². The van der Waals surface area contributed by atoms with E-state index in [0.717, 1.165) is 11.3 Å². The first-order valence-electron chi connectivity index (χ1n) is 7.92. The number of nitrogens with zero attached hydrogens (tertiary/aromatic N) is 1. The molecule has 0 aromatic heterocycles. The number of hydrogen-bond donors (Lipinski definition) is 1. The Morgan fingerprint density at radius 2 is 1.79 bits per heavy atom. The predicted octanol–water partition coefficient (Wildman–Crippen LogP) is 4.41. The van der Waals surface area contributed by atoms with Crippen LogP contribution in [0.5, 0.6) is 0 Å². The van der Waals surface area contributed by atoms with E-state index in [4.69, 9.17) is 0 Å². The standard InChI is InChI=1S/C19H19FN2OS/c1-12(2)14-5-9-16(10-6-14)21-19-22-18(23)17(24-19)11-13-3-7-15(20)8-4-13/h3-10,12,17H,11H2,1-2H3,(H,21,22,23). The molecule has 3 nitrogen and oxygen atoms in total. The molecule has 0 radical (unpaired) electrons. The van der Waals surface area contributed by atoms with Gasteiger partial charge in [0.2, 0.25) is 5.91 Å². The summed E-state index contributed by atoms with van der Waals surface area (Å²) >= 11 is 1.42. The SMILES string of the molecule is CC(C)c1ccc(/N=C2\NC(=O)C(Cc3ccc(F)cc3)S2)cc1. The summed E-state index contributed by atoms with van der Waals surface area (Å²) in [4.78, 5) is 16.6. The minimum absolute atomic E-state index is 0.0538. The zero-order valence-corrected chi connectivity index (χ0v) is 14.4. The zero-order valence-electron chi connectivity index (χ0n) is 13.6.